The second-order valence-electron chi connectivity index (χ2n) is 9.52. The average molecular weight is 612 g/mol. The maximum absolute atomic E-state index is 13.3. The molecule has 0 saturated carbocycles. The summed E-state index contributed by atoms with van der Waals surface area (Å²) in [5.74, 6) is -0.558. The number of benzene rings is 3. The molecule has 1 saturated heterocycles. The number of ether oxygens (including phenoxy) is 1. The van der Waals surface area contributed by atoms with Gasteiger partial charge in [0.1, 0.15) is 5.58 Å². The Morgan fingerprint density at radius 1 is 0.949 bits per heavy atom. The van der Waals surface area contributed by atoms with Crippen LogP contribution in [0.15, 0.2) is 86.6 Å². The molecule has 1 fully saturated rings. The zero-order valence-electron chi connectivity index (χ0n) is 21.4. The van der Waals surface area contributed by atoms with E-state index >= 15 is 0 Å². The van der Waals surface area contributed by atoms with Crippen molar-refractivity contribution < 1.29 is 27.2 Å². The van der Waals surface area contributed by atoms with Gasteiger partial charge in [-0.1, -0.05) is 40.2 Å². The molecule has 2 heterocycles. The Morgan fingerprint density at radius 2 is 1.64 bits per heavy atom. The number of sulfonamides is 1. The molecule has 10 heteroatoms. The monoisotopic (exact) mass is 610 g/mol. The Labute approximate surface area is 235 Å². The number of nitrogens with zero attached hydrogens (tertiary/aromatic N) is 1. The van der Waals surface area contributed by atoms with Crippen LogP contribution >= 0.6 is 15.9 Å². The van der Waals surface area contributed by atoms with Gasteiger partial charge in [-0.3, -0.25) is 9.59 Å². The first-order chi connectivity index (χ1) is 18.6. The van der Waals surface area contributed by atoms with Crippen molar-refractivity contribution in [3.63, 3.8) is 0 Å². The van der Waals surface area contributed by atoms with Crippen molar-refractivity contribution in [2.45, 2.75) is 31.0 Å². The van der Waals surface area contributed by atoms with Gasteiger partial charge in [-0.05, 0) is 62.4 Å². The maximum Gasteiger partial charge on any atom is 0.243 e. The van der Waals surface area contributed by atoms with Crippen molar-refractivity contribution in [2.24, 2.45) is 0 Å². The lowest BCUT2D eigenvalue weighted by Crippen LogP contribution is -2.48. The van der Waals surface area contributed by atoms with Crippen LogP contribution in [-0.2, 0) is 14.8 Å². The summed E-state index contributed by atoms with van der Waals surface area (Å²) < 4.78 is 40.4. The van der Waals surface area contributed by atoms with Gasteiger partial charge in [0.15, 0.2) is 11.5 Å². The van der Waals surface area contributed by atoms with Gasteiger partial charge in [-0.15, -0.1) is 0 Å². The molecule has 2 unspecified atom stereocenters. The second-order valence-corrected chi connectivity index (χ2v) is 12.4. The van der Waals surface area contributed by atoms with E-state index in [2.05, 4.69) is 21.2 Å². The van der Waals surface area contributed by atoms with Crippen LogP contribution in [0.1, 0.15) is 40.3 Å². The highest BCUT2D eigenvalue weighted by Crippen LogP contribution is 2.33. The summed E-state index contributed by atoms with van der Waals surface area (Å²) in [5.41, 5.74) is 1.60. The normalized spacial score (nSPS) is 18.2. The van der Waals surface area contributed by atoms with Crippen LogP contribution in [0.25, 0.3) is 11.0 Å². The number of fused-ring (bicyclic) bond motifs is 1. The minimum absolute atomic E-state index is 0.0505. The van der Waals surface area contributed by atoms with E-state index in [1.165, 1.54) is 16.4 Å². The van der Waals surface area contributed by atoms with Crippen molar-refractivity contribution in [3.8, 4) is 0 Å². The summed E-state index contributed by atoms with van der Waals surface area (Å²) in [4.78, 5) is 26.6. The fourth-order valence-electron chi connectivity index (χ4n) is 4.69. The van der Waals surface area contributed by atoms with Gasteiger partial charge in [0.05, 0.1) is 29.3 Å². The first-order valence-electron chi connectivity index (χ1n) is 12.5. The Kier molecular flexibility index (Phi) is 7.73. The zero-order valence-corrected chi connectivity index (χ0v) is 23.8. The molecule has 0 amide bonds. The van der Waals surface area contributed by atoms with E-state index in [0.29, 0.717) is 22.2 Å². The van der Waals surface area contributed by atoms with Crippen molar-refractivity contribution in [3.05, 3.63) is 94.2 Å². The number of Topliss-reactive ketones (excluding diaryl/α,β-unsaturated/α-hetero) is 1. The second kappa shape index (κ2) is 11.1. The summed E-state index contributed by atoms with van der Waals surface area (Å²) in [7, 11) is -3.80. The standard InChI is InChI=1S/C29H27BrN2O6S/c1-18-16-32(17-19(2)37-18)39(35,36)23-7-5-6-21(14-23)25(33)15-31-27-24-8-3-4-9-26(24)38-29(27)28(34)20-10-12-22(30)13-11-20/h3-14,18-19,31H,15-17H2,1-2H3. The van der Waals surface area contributed by atoms with Gasteiger partial charge in [0.25, 0.3) is 0 Å². The molecular formula is C29H27BrN2O6S. The summed E-state index contributed by atoms with van der Waals surface area (Å²) in [5, 5.41) is 3.74. The minimum atomic E-state index is -3.80. The Bertz CT molecular complexity index is 1640. The summed E-state index contributed by atoms with van der Waals surface area (Å²) in [6, 6.07) is 20.1. The fourth-order valence-corrected chi connectivity index (χ4v) is 6.59. The fraction of sp³-hybridized carbons (Fsp3) is 0.241. The lowest BCUT2D eigenvalue weighted by atomic mass is 10.1. The number of rotatable bonds is 8. The quantitative estimate of drug-likeness (QED) is 0.262. The van der Waals surface area contributed by atoms with Gasteiger partial charge in [0, 0.05) is 34.1 Å². The topological polar surface area (TPSA) is 106 Å². The highest BCUT2D eigenvalue weighted by Gasteiger charge is 2.32. The number of carbonyl (C=O) groups is 2. The first kappa shape index (κ1) is 27.3. The Hall–Kier alpha value is -3.31. The molecule has 0 spiro atoms. The smallest absolute Gasteiger partial charge is 0.243 e. The molecule has 39 heavy (non-hydrogen) atoms. The first-order valence-corrected chi connectivity index (χ1v) is 14.7. The van der Waals surface area contributed by atoms with Crippen molar-refractivity contribution in [1.82, 2.24) is 4.31 Å². The molecule has 1 aliphatic rings. The van der Waals surface area contributed by atoms with E-state index in [0.717, 1.165) is 4.47 Å². The zero-order chi connectivity index (χ0) is 27.7. The molecule has 0 bridgehead atoms. The molecule has 5 rings (SSSR count). The molecule has 4 aromatic rings. The summed E-state index contributed by atoms with van der Waals surface area (Å²) in [6.45, 7) is 3.99. The lowest BCUT2D eigenvalue weighted by Gasteiger charge is -2.34. The molecule has 1 N–H and O–H groups in total. The number of anilines is 1. The van der Waals surface area contributed by atoms with E-state index < -0.39 is 10.0 Å². The SMILES string of the molecule is CC1CN(S(=O)(=O)c2cccc(C(=O)CNc3c(C(=O)c4ccc(Br)cc4)oc4ccccc34)c2)CC(C)O1. The molecule has 202 valence electrons. The number of halogens is 1. The number of furan rings is 1. The average Bonchev–Trinajstić information content (AvgIpc) is 3.30. The molecule has 1 aromatic heterocycles. The molecule has 8 nitrogen and oxygen atoms in total. The van der Waals surface area contributed by atoms with Gasteiger partial charge in [-0.2, -0.15) is 4.31 Å². The number of hydrogen-bond acceptors (Lipinski definition) is 7. The van der Waals surface area contributed by atoms with E-state index in [4.69, 9.17) is 9.15 Å². The lowest BCUT2D eigenvalue weighted by molar-refractivity contribution is -0.0440. The molecule has 0 radical (unpaired) electrons. The predicted molar refractivity (Wildman–Crippen MR) is 152 cm³/mol. The van der Waals surface area contributed by atoms with Gasteiger partial charge in [0.2, 0.25) is 15.8 Å². The molecule has 2 atom stereocenters. The molecule has 3 aromatic carbocycles. The van der Waals surface area contributed by atoms with Crippen LogP contribution < -0.4 is 5.32 Å². The molecular weight excluding hydrogens is 584 g/mol. The maximum atomic E-state index is 13.3. The number of ketones is 2. The van der Waals surface area contributed by atoms with Crippen LogP contribution in [0.4, 0.5) is 5.69 Å². The number of hydrogen-bond donors (Lipinski definition) is 1. The third kappa shape index (κ3) is 5.69. The van der Waals surface area contributed by atoms with E-state index in [9.17, 15) is 18.0 Å². The van der Waals surface area contributed by atoms with Crippen LogP contribution in [0, 0.1) is 0 Å². The van der Waals surface area contributed by atoms with Crippen LogP contribution in [-0.4, -0.2) is 56.1 Å². The van der Waals surface area contributed by atoms with Crippen LogP contribution in [0.5, 0.6) is 0 Å². The third-order valence-electron chi connectivity index (χ3n) is 6.51. The number of para-hydroxylation sites is 1. The minimum Gasteiger partial charge on any atom is -0.450 e. The Morgan fingerprint density at radius 3 is 2.36 bits per heavy atom. The Balaban J connectivity index is 1.39. The molecule has 0 aliphatic carbocycles. The van der Waals surface area contributed by atoms with E-state index in [1.54, 1.807) is 48.5 Å². The number of carbonyl (C=O) groups excluding carboxylic acids is 2. The van der Waals surface area contributed by atoms with Crippen molar-refractivity contribution >= 4 is 54.2 Å². The van der Waals surface area contributed by atoms with Crippen molar-refractivity contribution in [1.29, 1.82) is 0 Å². The highest BCUT2D eigenvalue weighted by molar-refractivity contribution is 9.10. The summed E-state index contributed by atoms with van der Waals surface area (Å²) >= 11 is 3.37. The van der Waals surface area contributed by atoms with Crippen LogP contribution in [0.2, 0.25) is 0 Å². The van der Waals surface area contributed by atoms with Crippen LogP contribution in [0.3, 0.4) is 0 Å². The van der Waals surface area contributed by atoms with E-state index in [-0.39, 0.29) is 59.6 Å². The van der Waals surface area contributed by atoms with E-state index in [1.807, 2.05) is 26.0 Å². The van der Waals surface area contributed by atoms with Gasteiger partial charge in [-0.25, -0.2) is 8.42 Å². The summed E-state index contributed by atoms with van der Waals surface area (Å²) in [6.07, 6.45) is -0.451. The van der Waals surface area contributed by atoms with Gasteiger partial charge < -0.3 is 14.5 Å². The number of morpholine rings is 1. The highest BCUT2D eigenvalue weighted by atomic mass is 79.9. The largest absolute Gasteiger partial charge is 0.450 e. The number of nitrogens with one attached hydrogen (secondary N) is 1. The van der Waals surface area contributed by atoms with Gasteiger partial charge >= 0.3 is 0 Å². The predicted octanol–water partition coefficient (Wildman–Crippen LogP) is 5.52. The molecule has 1 aliphatic heterocycles. The van der Waals surface area contributed by atoms with Crippen molar-refractivity contribution in [2.75, 3.05) is 25.0 Å². The third-order valence-corrected chi connectivity index (χ3v) is 8.87.